The van der Waals surface area contributed by atoms with E-state index >= 15 is 0 Å². The molecule has 0 amide bonds. The lowest BCUT2D eigenvalue weighted by Crippen LogP contribution is -2.16. The summed E-state index contributed by atoms with van der Waals surface area (Å²) in [5, 5.41) is 8.50. The van der Waals surface area contributed by atoms with Crippen molar-refractivity contribution in [1.82, 2.24) is 0 Å². The van der Waals surface area contributed by atoms with Crippen LogP contribution >= 0.6 is 0 Å². The van der Waals surface area contributed by atoms with Gasteiger partial charge in [0.2, 0.25) is 0 Å². The summed E-state index contributed by atoms with van der Waals surface area (Å²) >= 11 is 0. The molecule has 0 saturated heterocycles. The number of carboxylic acid groups (broad SMARTS) is 1. The SMILES string of the molecule is CCOC(=O)c1cccc(S(=O)(=O)CC(=O)O)c1. The minimum atomic E-state index is -3.94. The molecular weight excluding hydrogens is 260 g/mol. The Morgan fingerprint density at radius 2 is 2.00 bits per heavy atom. The van der Waals surface area contributed by atoms with Crippen molar-refractivity contribution >= 4 is 21.8 Å². The molecule has 0 radical (unpaired) electrons. The van der Waals surface area contributed by atoms with E-state index in [0.29, 0.717) is 0 Å². The van der Waals surface area contributed by atoms with Crippen molar-refractivity contribution in [2.75, 3.05) is 12.4 Å². The molecule has 1 N–H and O–H groups in total. The third-order valence-electron chi connectivity index (χ3n) is 2.02. The monoisotopic (exact) mass is 272 g/mol. The first-order valence-electron chi connectivity index (χ1n) is 5.08. The highest BCUT2D eigenvalue weighted by molar-refractivity contribution is 7.92. The van der Waals surface area contributed by atoms with Crippen molar-refractivity contribution in [2.24, 2.45) is 0 Å². The molecule has 98 valence electrons. The number of carbonyl (C=O) groups excluding carboxylic acids is 1. The van der Waals surface area contributed by atoms with Gasteiger partial charge in [-0.2, -0.15) is 0 Å². The van der Waals surface area contributed by atoms with Crippen molar-refractivity contribution in [3.8, 4) is 0 Å². The second-order valence-electron chi connectivity index (χ2n) is 3.40. The molecule has 0 aliphatic rings. The van der Waals surface area contributed by atoms with Gasteiger partial charge in [0.05, 0.1) is 17.1 Å². The van der Waals surface area contributed by atoms with E-state index in [2.05, 4.69) is 0 Å². The van der Waals surface area contributed by atoms with E-state index in [9.17, 15) is 18.0 Å². The van der Waals surface area contributed by atoms with Gasteiger partial charge in [0.25, 0.3) is 0 Å². The summed E-state index contributed by atoms with van der Waals surface area (Å²) in [7, 11) is -3.94. The van der Waals surface area contributed by atoms with Crippen LogP contribution in [0.1, 0.15) is 17.3 Å². The van der Waals surface area contributed by atoms with Gasteiger partial charge in [0.1, 0.15) is 0 Å². The number of carbonyl (C=O) groups is 2. The van der Waals surface area contributed by atoms with E-state index in [1.54, 1.807) is 6.92 Å². The maximum atomic E-state index is 11.6. The predicted molar refractivity (Wildman–Crippen MR) is 62.1 cm³/mol. The van der Waals surface area contributed by atoms with E-state index < -0.39 is 27.5 Å². The van der Waals surface area contributed by atoms with Crippen molar-refractivity contribution in [3.63, 3.8) is 0 Å². The fraction of sp³-hybridized carbons (Fsp3) is 0.273. The van der Waals surface area contributed by atoms with E-state index in [1.807, 2.05) is 0 Å². The molecular formula is C11H12O6S. The fourth-order valence-electron chi connectivity index (χ4n) is 1.28. The fourth-order valence-corrected chi connectivity index (χ4v) is 2.36. The zero-order chi connectivity index (χ0) is 13.8. The number of carboxylic acids is 1. The Morgan fingerprint density at radius 3 is 2.56 bits per heavy atom. The zero-order valence-electron chi connectivity index (χ0n) is 9.62. The maximum absolute atomic E-state index is 11.6. The number of rotatable bonds is 5. The molecule has 1 rings (SSSR count). The largest absolute Gasteiger partial charge is 0.480 e. The lowest BCUT2D eigenvalue weighted by Gasteiger charge is -2.05. The van der Waals surface area contributed by atoms with E-state index in [4.69, 9.17) is 9.84 Å². The van der Waals surface area contributed by atoms with Crippen LogP contribution in [-0.4, -0.2) is 37.8 Å². The Balaban J connectivity index is 3.09. The highest BCUT2D eigenvalue weighted by atomic mass is 32.2. The van der Waals surface area contributed by atoms with Gasteiger partial charge < -0.3 is 9.84 Å². The second kappa shape index (κ2) is 5.63. The molecule has 0 aliphatic carbocycles. The molecule has 6 nitrogen and oxygen atoms in total. The smallest absolute Gasteiger partial charge is 0.338 e. The van der Waals surface area contributed by atoms with Crippen molar-refractivity contribution in [3.05, 3.63) is 29.8 Å². The number of hydrogen-bond acceptors (Lipinski definition) is 5. The number of aliphatic carboxylic acids is 1. The summed E-state index contributed by atoms with van der Waals surface area (Å²) in [6.45, 7) is 1.80. The molecule has 0 heterocycles. The lowest BCUT2D eigenvalue weighted by molar-refractivity contribution is -0.134. The van der Waals surface area contributed by atoms with Gasteiger partial charge in [-0.05, 0) is 25.1 Å². The second-order valence-corrected chi connectivity index (χ2v) is 5.39. The average molecular weight is 272 g/mol. The maximum Gasteiger partial charge on any atom is 0.338 e. The molecule has 0 aromatic heterocycles. The van der Waals surface area contributed by atoms with Gasteiger partial charge >= 0.3 is 11.9 Å². The van der Waals surface area contributed by atoms with Crippen LogP contribution < -0.4 is 0 Å². The first-order valence-corrected chi connectivity index (χ1v) is 6.74. The molecule has 0 saturated carbocycles. The van der Waals surface area contributed by atoms with Crippen LogP contribution in [0.2, 0.25) is 0 Å². The van der Waals surface area contributed by atoms with Crippen molar-refractivity contribution < 1.29 is 27.9 Å². The van der Waals surface area contributed by atoms with E-state index in [-0.39, 0.29) is 17.1 Å². The summed E-state index contributed by atoms with van der Waals surface area (Å²) in [6.07, 6.45) is 0. The molecule has 1 aromatic carbocycles. The Bertz CT molecular complexity index is 561. The van der Waals surface area contributed by atoms with Crippen LogP contribution in [0, 0.1) is 0 Å². The number of benzene rings is 1. The minimum Gasteiger partial charge on any atom is -0.480 e. The Labute approximate surface area is 104 Å². The molecule has 0 atom stereocenters. The van der Waals surface area contributed by atoms with Crippen LogP contribution in [0.15, 0.2) is 29.2 Å². The van der Waals surface area contributed by atoms with Crippen LogP contribution in [0.4, 0.5) is 0 Å². The van der Waals surface area contributed by atoms with Gasteiger partial charge in [-0.15, -0.1) is 0 Å². The van der Waals surface area contributed by atoms with E-state index in [0.717, 1.165) is 6.07 Å². The topological polar surface area (TPSA) is 97.7 Å². The van der Waals surface area contributed by atoms with Gasteiger partial charge in [-0.3, -0.25) is 4.79 Å². The number of hydrogen-bond donors (Lipinski definition) is 1. The normalized spacial score (nSPS) is 10.9. The summed E-state index contributed by atoms with van der Waals surface area (Å²) in [5.41, 5.74) is 0.0725. The number of esters is 1. The minimum absolute atomic E-state index is 0.0725. The molecule has 0 unspecified atom stereocenters. The van der Waals surface area contributed by atoms with Gasteiger partial charge in [-0.1, -0.05) is 6.07 Å². The highest BCUT2D eigenvalue weighted by Gasteiger charge is 2.20. The predicted octanol–water partition coefficient (Wildman–Crippen LogP) is 0.722. The van der Waals surface area contributed by atoms with Crippen LogP contribution in [0.25, 0.3) is 0 Å². The zero-order valence-corrected chi connectivity index (χ0v) is 10.4. The summed E-state index contributed by atoms with van der Waals surface area (Å²) in [4.78, 5) is 21.6. The Hall–Kier alpha value is -1.89. The first kappa shape index (κ1) is 14.2. The van der Waals surface area contributed by atoms with E-state index in [1.165, 1.54) is 18.2 Å². The molecule has 0 spiro atoms. The standard InChI is InChI=1S/C11H12O6S/c1-2-17-11(14)8-4-3-5-9(6-8)18(15,16)7-10(12)13/h3-6H,2,7H2,1H3,(H,12,13). The summed E-state index contributed by atoms with van der Waals surface area (Å²) in [6, 6.07) is 5.11. The molecule has 0 bridgehead atoms. The lowest BCUT2D eigenvalue weighted by atomic mass is 10.2. The highest BCUT2D eigenvalue weighted by Crippen LogP contribution is 2.14. The molecule has 1 aromatic rings. The third kappa shape index (κ3) is 3.56. The number of sulfone groups is 1. The summed E-state index contributed by atoms with van der Waals surface area (Å²) < 4.78 is 28.0. The quantitative estimate of drug-likeness (QED) is 0.793. The number of ether oxygens (including phenoxy) is 1. The molecule has 0 fully saturated rings. The summed E-state index contributed by atoms with van der Waals surface area (Å²) in [5.74, 6) is -3.11. The van der Waals surface area contributed by atoms with Crippen LogP contribution in [0.3, 0.4) is 0 Å². The van der Waals surface area contributed by atoms with Crippen LogP contribution in [-0.2, 0) is 19.4 Å². The average Bonchev–Trinajstić information content (AvgIpc) is 2.28. The van der Waals surface area contributed by atoms with Crippen molar-refractivity contribution in [2.45, 2.75) is 11.8 Å². The molecule has 0 aliphatic heterocycles. The Kier molecular flexibility index (Phi) is 4.43. The van der Waals surface area contributed by atoms with Gasteiger partial charge in [0.15, 0.2) is 15.6 Å². The Morgan fingerprint density at radius 1 is 1.33 bits per heavy atom. The van der Waals surface area contributed by atoms with Crippen molar-refractivity contribution in [1.29, 1.82) is 0 Å². The first-order chi connectivity index (χ1) is 8.36. The molecule has 18 heavy (non-hydrogen) atoms. The van der Waals surface area contributed by atoms with Crippen LogP contribution in [0.5, 0.6) is 0 Å². The van der Waals surface area contributed by atoms with Gasteiger partial charge in [0, 0.05) is 0 Å². The third-order valence-corrected chi connectivity index (χ3v) is 3.62. The van der Waals surface area contributed by atoms with Gasteiger partial charge in [-0.25, -0.2) is 13.2 Å². The molecule has 7 heteroatoms.